The van der Waals surface area contributed by atoms with Crippen LogP contribution in [0.15, 0.2) is 42.5 Å². The lowest BCUT2D eigenvalue weighted by Crippen LogP contribution is -2.38. The summed E-state index contributed by atoms with van der Waals surface area (Å²) in [6.45, 7) is 5.84. The first-order valence-electron chi connectivity index (χ1n) is 6.88. The van der Waals surface area contributed by atoms with Gasteiger partial charge in [-0.3, -0.25) is 4.79 Å². The smallest absolute Gasteiger partial charge is 0.147 e. The minimum absolute atomic E-state index is 0.238. The molecule has 0 atom stereocenters. The SMILES string of the molecule is C=C(C)CC(=O)C1(c2ccccc2)CCCCC1. The lowest BCUT2D eigenvalue weighted by atomic mass is 9.66. The standard InChI is InChI=1S/C17H22O/c1-14(2)13-16(18)17(11-7-4-8-12-17)15-9-5-3-6-10-15/h3,5-6,9-10H,1,4,7-8,11-13H2,2H3. The quantitative estimate of drug-likeness (QED) is 0.714. The molecule has 1 saturated carbocycles. The topological polar surface area (TPSA) is 17.1 Å². The number of rotatable bonds is 4. The van der Waals surface area contributed by atoms with E-state index < -0.39 is 0 Å². The fraction of sp³-hybridized carbons (Fsp3) is 0.471. The Balaban J connectivity index is 2.34. The zero-order valence-corrected chi connectivity index (χ0v) is 11.2. The van der Waals surface area contributed by atoms with Crippen molar-refractivity contribution in [2.24, 2.45) is 0 Å². The summed E-state index contributed by atoms with van der Waals surface area (Å²) in [4.78, 5) is 12.7. The van der Waals surface area contributed by atoms with Gasteiger partial charge >= 0.3 is 0 Å². The average Bonchev–Trinajstić information content (AvgIpc) is 2.40. The number of allylic oxidation sites excluding steroid dienone is 1. The van der Waals surface area contributed by atoms with Crippen LogP contribution in [0.2, 0.25) is 0 Å². The van der Waals surface area contributed by atoms with Crippen molar-refractivity contribution >= 4 is 5.78 Å². The predicted molar refractivity (Wildman–Crippen MR) is 75.6 cm³/mol. The van der Waals surface area contributed by atoms with E-state index in [0.29, 0.717) is 12.2 Å². The predicted octanol–water partition coefficient (Wildman–Crippen LogP) is 4.42. The molecular formula is C17H22O. The van der Waals surface area contributed by atoms with Gasteiger partial charge < -0.3 is 0 Å². The molecule has 0 bridgehead atoms. The van der Waals surface area contributed by atoms with E-state index in [1.54, 1.807) is 0 Å². The van der Waals surface area contributed by atoms with Crippen molar-refractivity contribution in [3.05, 3.63) is 48.0 Å². The van der Waals surface area contributed by atoms with Crippen molar-refractivity contribution in [1.82, 2.24) is 0 Å². The second-order valence-corrected chi connectivity index (χ2v) is 5.57. The summed E-state index contributed by atoms with van der Waals surface area (Å²) in [6, 6.07) is 10.3. The highest BCUT2D eigenvalue weighted by Crippen LogP contribution is 2.41. The highest BCUT2D eigenvalue weighted by atomic mass is 16.1. The molecule has 0 amide bonds. The molecule has 0 unspecified atom stereocenters. The van der Waals surface area contributed by atoms with Gasteiger partial charge in [0.25, 0.3) is 0 Å². The zero-order chi connectivity index (χ0) is 13.0. The summed E-state index contributed by atoms with van der Waals surface area (Å²) in [6.07, 6.45) is 6.11. The number of carbonyl (C=O) groups is 1. The third-order valence-corrected chi connectivity index (χ3v) is 4.03. The van der Waals surface area contributed by atoms with Gasteiger partial charge in [0.2, 0.25) is 0 Å². The zero-order valence-electron chi connectivity index (χ0n) is 11.2. The minimum atomic E-state index is -0.238. The van der Waals surface area contributed by atoms with Crippen molar-refractivity contribution in [3.8, 4) is 0 Å². The van der Waals surface area contributed by atoms with E-state index in [-0.39, 0.29) is 5.41 Å². The number of Topliss-reactive ketones (excluding diaryl/α,β-unsaturated/α-hetero) is 1. The molecule has 18 heavy (non-hydrogen) atoms. The van der Waals surface area contributed by atoms with Gasteiger partial charge in [-0.1, -0.05) is 61.7 Å². The molecule has 1 heteroatoms. The van der Waals surface area contributed by atoms with E-state index in [2.05, 4.69) is 18.7 Å². The Morgan fingerprint density at radius 3 is 2.33 bits per heavy atom. The molecule has 1 fully saturated rings. The third kappa shape index (κ3) is 2.55. The van der Waals surface area contributed by atoms with Crippen LogP contribution < -0.4 is 0 Å². The molecule has 0 aromatic heterocycles. The lowest BCUT2D eigenvalue weighted by molar-refractivity contribution is -0.125. The highest BCUT2D eigenvalue weighted by Gasteiger charge is 2.39. The Labute approximate surface area is 110 Å². The maximum atomic E-state index is 12.7. The van der Waals surface area contributed by atoms with Crippen molar-refractivity contribution in [3.63, 3.8) is 0 Å². The van der Waals surface area contributed by atoms with Crippen molar-refractivity contribution in [2.45, 2.75) is 50.9 Å². The Kier molecular flexibility index (Phi) is 4.00. The molecule has 0 saturated heterocycles. The highest BCUT2D eigenvalue weighted by molar-refractivity contribution is 5.91. The molecule has 0 aliphatic heterocycles. The fourth-order valence-electron chi connectivity index (χ4n) is 3.08. The van der Waals surface area contributed by atoms with E-state index in [9.17, 15) is 4.79 Å². The van der Waals surface area contributed by atoms with E-state index in [4.69, 9.17) is 0 Å². The van der Waals surface area contributed by atoms with Crippen molar-refractivity contribution in [2.75, 3.05) is 0 Å². The summed E-state index contributed by atoms with van der Waals surface area (Å²) < 4.78 is 0. The summed E-state index contributed by atoms with van der Waals surface area (Å²) in [5.74, 6) is 0.362. The molecule has 0 radical (unpaired) electrons. The van der Waals surface area contributed by atoms with E-state index >= 15 is 0 Å². The average molecular weight is 242 g/mol. The third-order valence-electron chi connectivity index (χ3n) is 4.03. The number of ketones is 1. The molecule has 1 aromatic carbocycles. The van der Waals surface area contributed by atoms with Gasteiger partial charge in [-0.15, -0.1) is 0 Å². The van der Waals surface area contributed by atoms with E-state index in [0.717, 1.165) is 31.3 Å². The first kappa shape index (κ1) is 13.1. The minimum Gasteiger partial charge on any atom is -0.298 e. The van der Waals surface area contributed by atoms with Gasteiger partial charge in [-0.2, -0.15) is 0 Å². The Hall–Kier alpha value is -1.37. The van der Waals surface area contributed by atoms with E-state index in [1.165, 1.54) is 12.0 Å². The Bertz CT molecular complexity index is 424. The van der Waals surface area contributed by atoms with Crippen LogP contribution in [0.3, 0.4) is 0 Å². The van der Waals surface area contributed by atoms with Crippen LogP contribution in [0.4, 0.5) is 0 Å². The molecule has 2 rings (SSSR count). The summed E-state index contributed by atoms with van der Waals surface area (Å²) in [5, 5.41) is 0. The van der Waals surface area contributed by atoms with Gasteiger partial charge in [0.1, 0.15) is 5.78 Å². The molecular weight excluding hydrogens is 220 g/mol. The molecule has 0 spiro atoms. The lowest BCUT2D eigenvalue weighted by Gasteiger charge is -2.36. The summed E-state index contributed by atoms with van der Waals surface area (Å²) >= 11 is 0. The first-order valence-corrected chi connectivity index (χ1v) is 6.88. The molecule has 1 nitrogen and oxygen atoms in total. The number of carbonyl (C=O) groups excluding carboxylic acids is 1. The monoisotopic (exact) mass is 242 g/mol. The number of hydrogen-bond donors (Lipinski definition) is 0. The number of benzene rings is 1. The van der Waals surface area contributed by atoms with Crippen LogP contribution in [0.5, 0.6) is 0 Å². The largest absolute Gasteiger partial charge is 0.298 e. The fourth-order valence-corrected chi connectivity index (χ4v) is 3.08. The summed E-state index contributed by atoms with van der Waals surface area (Å²) in [7, 11) is 0. The first-order chi connectivity index (χ1) is 8.65. The second-order valence-electron chi connectivity index (χ2n) is 5.57. The molecule has 1 aliphatic carbocycles. The molecule has 0 N–H and O–H groups in total. The van der Waals surface area contributed by atoms with Gasteiger partial charge in [-0.05, 0) is 25.3 Å². The van der Waals surface area contributed by atoms with Crippen LogP contribution in [0.25, 0.3) is 0 Å². The van der Waals surface area contributed by atoms with Crippen LogP contribution in [0.1, 0.15) is 51.0 Å². The van der Waals surface area contributed by atoms with Gasteiger partial charge in [0, 0.05) is 6.42 Å². The molecule has 1 aliphatic rings. The van der Waals surface area contributed by atoms with Crippen LogP contribution >= 0.6 is 0 Å². The molecule has 1 aromatic rings. The van der Waals surface area contributed by atoms with Gasteiger partial charge in [0.15, 0.2) is 0 Å². The van der Waals surface area contributed by atoms with Crippen LogP contribution in [-0.4, -0.2) is 5.78 Å². The maximum absolute atomic E-state index is 12.7. The normalized spacial score (nSPS) is 18.3. The van der Waals surface area contributed by atoms with Crippen LogP contribution in [0, 0.1) is 0 Å². The summed E-state index contributed by atoms with van der Waals surface area (Å²) in [5.41, 5.74) is 1.94. The van der Waals surface area contributed by atoms with E-state index in [1.807, 2.05) is 25.1 Å². The molecule has 0 heterocycles. The maximum Gasteiger partial charge on any atom is 0.147 e. The van der Waals surface area contributed by atoms with Crippen molar-refractivity contribution in [1.29, 1.82) is 0 Å². The molecule has 96 valence electrons. The number of hydrogen-bond acceptors (Lipinski definition) is 1. The van der Waals surface area contributed by atoms with Gasteiger partial charge in [0.05, 0.1) is 5.41 Å². The second kappa shape index (κ2) is 5.51. The Morgan fingerprint density at radius 1 is 1.17 bits per heavy atom. The van der Waals surface area contributed by atoms with Crippen molar-refractivity contribution < 1.29 is 4.79 Å². The van der Waals surface area contributed by atoms with Gasteiger partial charge in [-0.25, -0.2) is 0 Å². The van der Waals surface area contributed by atoms with Crippen LogP contribution in [-0.2, 0) is 10.2 Å². The Morgan fingerprint density at radius 2 is 1.78 bits per heavy atom.